The maximum absolute atomic E-state index is 12.2. The Morgan fingerprint density at radius 2 is 1.31 bits per heavy atom. The lowest BCUT2D eigenvalue weighted by Crippen LogP contribution is -2.64. The molecule has 2 fully saturated rings. The van der Waals surface area contributed by atoms with E-state index in [0.29, 0.717) is 0 Å². The molecule has 0 spiro atoms. The Bertz CT molecular complexity index is 1100. The summed E-state index contributed by atoms with van der Waals surface area (Å²) in [5.74, 6) is -5.49. The minimum atomic E-state index is -1.54. The first kappa shape index (κ1) is 32.8. The Balaban J connectivity index is 2.03. The normalized spacial score (nSPS) is 35.1. The number of hydrogen-bond acceptors (Lipinski definition) is 15. The number of hydrogen-bond donors (Lipinski definition) is 0. The van der Waals surface area contributed by atoms with Gasteiger partial charge in [-0.25, -0.2) is 0 Å². The predicted molar refractivity (Wildman–Crippen MR) is 134 cm³/mol. The molecule has 1 saturated heterocycles. The van der Waals surface area contributed by atoms with Crippen molar-refractivity contribution in [2.75, 3.05) is 6.61 Å². The van der Waals surface area contributed by atoms with Gasteiger partial charge in [-0.3, -0.25) is 28.8 Å². The molecule has 3 aliphatic rings. The Morgan fingerprint density at radius 3 is 1.86 bits per heavy atom. The van der Waals surface area contributed by atoms with Gasteiger partial charge in [0, 0.05) is 53.9 Å². The molecular weight excluding hydrogens is 564 g/mol. The van der Waals surface area contributed by atoms with Gasteiger partial charge < -0.3 is 42.6 Å². The topological polar surface area (TPSA) is 185 Å². The minimum absolute atomic E-state index is 0.119. The zero-order valence-electron chi connectivity index (χ0n) is 24.4. The third kappa shape index (κ3) is 7.97. The van der Waals surface area contributed by atoms with Crippen LogP contribution in [0.25, 0.3) is 0 Å². The van der Waals surface area contributed by atoms with E-state index in [9.17, 15) is 28.8 Å². The monoisotopic (exact) mass is 600 g/mol. The van der Waals surface area contributed by atoms with Crippen LogP contribution in [-0.2, 0) is 71.4 Å². The van der Waals surface area contributed by atoms with Crippen molar-refractivity contribution in [2.45, 2.75) is 104 Å². The lowest BCUT2D eigenvalue weighted by atomic mass is 9.84. The largest absolute Gasteiger partial charge is 0.472 e. The molecule has 0 aromatic rings. The van der Waals surface area contributed by atoms with Gasteiger partial charge in [-0.2, -0.15) is 0 Å². The highest BCUT2D eigenvalue weighted by molar-refractivity contribution is 5.69. The molecule has 0 radical (unpaired) electrons. The molecule has 10 atom stereocenters. The summed E-state index contributed by atoms with van der Waals surface area (Å²) in [5, 5.41) is 0. The molecule has 3 rings (SSSR count). The van der Waals surface area contributed by atoms with Gasteiger partial charge in [0.25, 0.3) is 0 Å². The lowest BCUT2D eigenvalue weighted by Gasteiger charge is -2.46. The number of ether oxygens (including phenoxy) is 9. The Hall–Kier alpha value is -3.72. The maximum atomic E-state index is 12.2. The van der Waals surface area contributed by atoms with Gasteiger partial charge in [0.1, 0.15) is 24.4 Å². The highest BCUT2D eigenvalue weighted by atomic mass is 16.8. The van der Waals surface area contributed by atoms with Crippen molar-refractivity contribution in [3.63, 3.8) is 0 Å². The SMILES string of the molecule is CC(=O)OCC1OC(OC2OC=CC3C(OC(C)=O)CC(C)(OC(C)=O)C23)C(OC(C)=O)C(OC(C)=O)C1OC(C)=O. The van der Waals surface area contributed by atoms with Crippen molar-refractivity contribution in [1.29, 1.82) is 0 Å². The average Bonchev–Trinajstić information content (AvgIpc) is 3.11. The summed E-state index contributed by atoms with van der Waals surface area (Å²) < 4.78 is 50.6. The van der Waals surface area contributed by atoms with Gasteiger partial charge in [0.2, 0.25) is 12.6 Å². The fraction of sp³-hybridized carbons (Fsp3) is 0.704. The third-order valence-electron chi connectivity index (χ3n) is 6.87. The molecule has 0 N–H and O–H groups in total. The number of fused-ring (bicyclic) bond motifs is 1. The first-order valence-corrected chi connectivity index (χ1v) is 13.3. The second kappa shape index (κ2) is 13.5. The number of carbonyl (C=O) groups excluding carboxylic acids is 6. The first-order chi connectivity index (χ1) is 19.6. The summed E-state index contributed by atoms with van der Waals surface area (Å²) >= 11 is 0. The van der Waals surface area contributed by atoms with Crippen molar-refractivity contribution >= 4 is 35.8 Å². The predicted octanol–water partition coefficient (Wildman–Crippen LogP) is 0.846. The first-order valence-electron chi connectivity index (χ1n) is 13.3. The van der Waals surface area contributed by atoms with E-state index in [1.165, 1.54) is 20.1 Å². The second-order valence-corrected chi connectivity index (χ2v) is 10.4. The second-order valence-electron chi connectivity index (χ2n) is 10.4. The van der Waals surface area contributed by atoms with Crippen LogP contribution in [0.1, 0.15) is 54.9 Å². The van der Waals surface area contributed by atoms with Gasteiger partial charge in [-0.1, -0.05) is 0 Å². The molecule has 0 amide bonds. The maximum Gasteiger partial charge on any atom is 0.303 e. The van der Waals surface area contributed by atoms with E-state index in [1.54, 1.807) is 13.0 Å². The van der Waals surface area contributed by atoms with Gasteiger partial charge in [0.15, 0.2) is 18.3 Å². The minimum Gasteiger partial charge on any atom is -0.472 e. The molecule has 15 nitrogen and oxygen atoms in total. The molecule has 2 heterocycles. The van der Waals surface area contributed by atoms with Crippen LogP contribution in [-0.4, -0.2) is 91.1 Å². The number of carbonyl (C=O) groups is 6. The summed E-state index contributed by atoms with van der Waals surface area (Å²) in [6, 6.07) is 0. The summed E-state index contributed by atoms with van der Waals surface area (Å²) in [6.07, 6.45) is -5.96. The summed E-state index contributed by atoms with van der Waals surface area (Å²) in [5.41, 5.74) is -1.25. The van der Waals surface area contributed by atoms with Crippen LogP contribution < -0.4 is 0 Å². The van der Waals surface area contributed by atoms with Crippen molar-refractivity contribution in [3.05, 3.63) is 12.3 Å². The van der Waals surface area contributed by atoms with E-state index in [4.69, 9.17) is 42.6 Å². The molecule has 15 heteroatoms. The summed E-state index contributed by atoms with van der Waals surface area (Å²) in [4.78, 5) is 71.8. The van der Waals surface area contributed by atoms with E-state index < -0.39 is 103 Å². The van der Waals surface area contributed by atoms with Crippen LogP contribution in [0.4, 0.5) is 0 Å². The summed E-state index contributed by atoms with van der Waals surface area (Å²) in [6.45, 7) is 8.13. The smallest absolute Gasteiger partial charge is 0.303 e. The van der Waals surface area contributed by atoms with Gasteiger partial charge in [0.05, 0.1) is 12.2 Å². The molecule has 0 aromatic carbocycles. The van der Waals surface area contributed by atoms with Crippen molar-refractivity contribution in [3.8, 4) is 0 Å². The van der Waals surface area contributed by atoms with Crippen molar-refractivity contribution in [1.82, 2.24) is 0 Å². The molecule has 1 saturated carbocycles. The zero-order valence-corrected chi connectivity index (χ0v) is 24.4. The molecule has 42 heavy (non-hydrogen) atoms. The van der Waals surface area contributed by atoms with Gasteiger partial charge in [-0.05, 0) is 13.0 Å². The van der Waals surface area contributed by atoms with E-state index in [2.05, 4.69) is 0 Å². The van der Waals surface area contributed by atoms with Crippen molar-refractivity contribution in [2.24, 2.45) is 11.8 Å². The molecule has 1 aliphatic carbocycles. The third-order valence-corrected chi connectivity index (χ3v) is 6.87. The molecule has 2 aliphatic heterocycles. The van der Waals surface area contributed by atoms with E-state index in [0.717, 1.165) is 27.7 Å². The van der Waals surface area contributed by atoms with Gasteiger partial charge >= 0.3 is 35.8 Å². The highest BCUT2D eigenvalue weighted by Crippen LogP contribution is 2.50. The van der Waals surface area contributed by atoms with Crippen LogP contribution in [0.15, 0.2) is 12.3 Å². The van der Waals surface area contributed by atoms with E-state index >= 15 is 0 Å². The quantitative estimate of drug-likeness (QED) is 0.268. The van der Waals surface area contributed by atoms with E-state index in [-0.39, 0.29) is 6.42 Å². The molecule has 0 aromatic heterocycles. The zero-order chi connectivity index (χ0) is 31.4. The van der Waals surface area contributed by atoms with Crippen LogP contribution in [0.3, 0.4) is 0 Å². The van der Waals surface area contributed by atoms with Gasteiger partial charge in [-0.15, -0.1) is 0 Å². The Morgan fingerprint density at radius 1 is 0.738 bits per heavy atom. The van der Waals surface area contributed by atoms with Crippen LogP contribution >= 0.6 is 0 Å². The highest BCUT2D eigenvalue weighted by Gasteiger charge is 2.61. The van der Waals surface area contributed by atoms with Crippen LogP contribution in [0.5, 0.6) is 0 Å². The van der Waals surface area contributed by atoms with E-state index in [1.807, 2.05) is 0 Å². The molecule has 234 valence electrons. The molecular formula is C27H36O15. The standard InChI is InChI=1S/C27H36O15/c1-12(28)35-11-20-22(37-14(3)30)23(38-15(4)31)24(39-16(5)32)26(40-20)41-25-21-18(8-9-34-25)19(36-13(2)29)10-27(21,7)42-17(6)33/h8-9,18-26H,10-11H2,1-7H3. The fourth-order valence-electron chi connectivity index (χ4n) is 5.64. The average molecular weight is 601 g/mol. The van der Waals surface area contributed by atoms with Crippen LogP contribution in [0, 0.1) is 11.8 Å². The number of esters is 6. The summed E-state index contributed by atoms with van der Waals surface area (Å²) in [7, 11) is 0. The molecule has 0 bridgehead atoms. The Kier molecular flexibility index (Phi) is 10.5. The van der Waals surface area contributed by atoms with Crippen molar-refractivity contribution < 1.29 is 71.4 Å². The number of rotatable bonds is 9. The fourth-order valence-corrected chi connectivity index (χ4v) is 5.64. The van der Waals surface area contributed by atoms with Crippen LogP contribution in [0.2, 0.25) is 0 Å². The Labute approximate surface area is 242 Å². The lowest BCUT2D eigenvalue weighted by molar-refractivity contribution is -0.348. The molecule has 10 unspecified atom stereocenters.